The van der Waals surface area contributed by atoms with Crippen molar-refractivity contribution < 1.29 is 0 Å². The standard InChI is InChI=1S/C18H21N3/c1-3-18-20-10-11-21(18)13-17(19-2)16-9-8-14-6-4-5-7-15(14)12-16/h4-12,17,19H,3,13H2,1-2H3. The van der Waals surface area contributed by atoms with Gasteiger partial charge in [0.05, 0.1) is 6.04 Å². The van der Waals surface area contributed by atoms with E-state index in [1.54, 1.807) is 0 Å². The normalized spacial score (nSPS) is 12.7. The molecule has 0 fully saturated rings. The first-order valence-corrected chi connectivity index (χ1v) is 7.47. The summed E-state index contributed by atoms with van der Waals surface area (Å²) in [6.07, 6.45) is 4.90. The highest BCUT2D eigenvalue weighted by molar-refractivity contribution is 5.83. The number of nitrogens with one attached hydrogen (secondary N) is 1. The van der Waals surface area contributed by atoms with E-state index in [-0.39, 0.29) is 6.04 Å². The Hall–Kier alpha value is -2.13. The number of aryl methyl sites for hydroxylation is 1. The molecule has 1 atom stereocenters. The van der Waals surface area contributed by atoms with Crippen LogP contribution in [0.2, 0.25) is 0 Å². The first-order chi connectivity index (χ1) is 10.3. The van der Waals surface area contributed by atoms with Crippen LogP contribution in [0, 0.1) is 0 Å². The zero-order valence-electron chi connectivity index (χ0n) is 12.6. The summed E-state index contributed by atoms with van der Waals surface area (Å²) in [4.78, 5) is 4.40. The van der Waals surface area contributed by atoms with Crippen molar-refractivity contribution in [3.8, 4) is 0 Å². The first kappa shape index (κ1) is 13.8. The fraction of sp³-hybridized carbons (Fsp3) is 0.278. The molecule has 1 aromatic heterocycles. The van der Waals surface area contributed by atoms with E-state index >= 15 is 0 Å². The number of aromatic nitrogens is 2. The Labute approximate surface area is 125 Å². The molecule has 3 nitrogen and oxygen atoms in total. The van der Waals surface area contributed by atoms with Crippen LogP contribution in [0.4, 0.5) is 0 Å². The molecule has 0 saturated heterocycles. The minimum atomic E-state index is 0.286. The van der Waals surface area contributed by atoms with Gasteiger partial charge in [0.25, 0.3) is 0 Å². The topological polar surface area (TPSA) is 29.9 Å². The van der Waals surface area contributed by atoms with Crippen LogP contribution in [-0.2, 0) is 13.0 Å². The lowest BCUT2D eigenvalue weighted by Crippen LogP contribution is -2.22. The van der Waals surface area contributed by atoms with Gasteiger partial charge in [-0.3, -0.25) is 0 Å². The molecular weight excluding hydrogens is 258 g/mol. The third kappa shape index (κ3) is 2.83. The van der Waals surface area contributed by atoms with Crippen LogP contribution in [0.15, 0.2) is 54.9 Å². The molecule has 0 saturated carbocycles. The average Bonchev–Trinajstić information content (AvgIpc) is 2.99. The second kappa shape index (κ2) is 6.10. The molecule has 2 aromatic carbocycles. The molecule has 3 aromatic rings. The third-order valence-corrected chi connectivity index (χ3v) is 4.02. The molecule has 3 rings (SSSR count). The highest BCUT2D eigenvalue weighted by atomic mass is 15.1. The van der Waals surface area contributed by atoms with Crippen LogP contribution in [0.5, 0.6) is 0 Å². The van der Waals surface area contributed by atoms with Crippen LogP contribution >= 0.6 is 0 Å². The molecule has 3 heteroatoms. The third-order valence-electron chi connectivity index (χ3n) is 4.02. The van der Waals surface area contributed by atoms with Gasteiger partial charge in [-0.2, -0.15) is 0 Å². The summed E-state index contributed by atoms with van der Waals surface area (Å²) in [7, 11) is 2.02. The van der Waals surface area contributed by atoms with Crippen molar-refractivity contribution in [3.63, 3.8) is 0 Å². The van der Waals surface area contributed by atoms with E-state index in [4.69, 9.17) is 0 Å². The summed E-state index contributed by atoms with van der Waals surface area (Å²) in [6.45, 7) is 3.04. The first-order valence-electron chi connectivity index (χ1n) is 7.47. The maximum absolute atomic E-state index is 4.40. The largest absolute Gasteiger partial charge is 0.333 e. The molecule has 21 heavy (non-hydrogen) atoms. The number of hydrogen-bond acceptors (Lipinski definition) is 2. The van der Waals surface area contributed by atoms with Gasteiger partial charge in [0.1, 0.15) is 5.82 Å². The summed E-state index contributed by atoms with van der Waals surface area (Å²) in [5, 5.41) is 6.00. The van der Waals surface area contributed by atoms with Crippen molar-refractivity contribution in [2.24, 2.45) is 0 Å². The molecule has 0 spiro atoms. The minimum absolute atomic E-state index is 0.286. The number of likely N-dealkylation sites (N-methyl/N-ethyl adjacent to an activating group) is 1. The Kier molecular flexibility index (Phi) is 4.02. The Morgan fingerprint density at radius 1 is 1.14 bits per heavy atom. The van der Waals surface area contributed by atoms with Crippen molar-refractivity contribution in [1.29, 1.82) is 0 Å². The highest BCUT2D eigenvalue weighted by Gasteiger charge is 2.12. The van der Waals surface area contributed by atoms with Crippen molar-refractivity contribution >= 4 is 10.8 Å². The molecule has 1 unspecified atom stereocenters. The van der Waals surface area contributed by atoms with Gasteiger partial charge < -0.3 is 9.88 Å². The predicted molar refractivity (Wildman–Crippen MR) is 87.4 cm³/mol. The number of fused-ring (bicyclic) bond motifs is 1. The summed E-state index contributed by atoms with van der Waals surface area (Å²) in [5.41, 5.74) is 1.31. The Morgan fingerprint density at radius 2 is 1.95 bits per heavy atom. The molecule has 0 bridgehead atoms. The molecule has 108 valence electrons. The monoisotopic (exact) mass is 279 g/mol. The van der Waals surface area contributed by atoms with Crippen LogP contribution in [0.3, 0.4) is 0 Å². The Morgan fingerprint density at radius 3 is 2.71 bits per heavy atom. The smallest absolute Gasteiger partial charge is 0.108 e. The van der Waals surface area contributed by atoms with Crippen LogP contribution in [0.1, 0.15) is 24.4 Å². The van der Waals surface area contributed by atoms with Crippen LogP contribution in [-0.4, -0.2) is 16.6 Å². The number of hydrogen-bond donors (Lipinski definition) is 1. The zero-order valence-corrected chi connectivity index (χ0v) is 12.6. The van der Waals surface area contributed by atoms with E-state index in [0.29, 0.717) is 0 Å². The van der Waals surface area contributed by atoms with Gasteiger partial charge in [0, 0.05) is 25.4 Å². The van der Waals surface area contributed by atoms with Crippen molar-refractivity contribution in [2.45, 2.75) is 25.9 Å². The predicted octanol–water partition coefficient (Wildman–Crippen LogP) is 3.56. The van der Waals surface area contributed by atoms with Gasteiger partial charge in [0.15, 0.2) is 0 Å². The van der Waals surface area contributed by atoms with E-state index in [2.05, 4.69) is 70.5 Å². The molecule has 0 aliphatic rings. The zero-order chi connectivity index (χ0) is 14.7. The van der Waals surface area contributed by atoms with Crippen LogP contribution < -0.4 is 5.32 Å². The fourth-order valence-corrected chi connectivity index (χ4v) is 2.81. The second-order valence-corrected chi connectivity index (χ2v) is 5.30. The maximum Gasteiger partial charge on any atom is 0.108 e. The lowest BCUT2D eigenvalue weighted by Gasteiger charge is -2.19. The van der Waals surface area contributed by atoms with Gasteiger partial charge >= 0.3 is 0 Å². The lowest BCUT2D eigenvalue weighted by molar-refractivity contribution is 0.489. The summed E-state index contributed by atoms with van der Waals surface area (Å²) >= 11 is 0. The average molecular weight is 279 g/mol. The molecule has 0 aliphatic heterocycles. The van der Waals surface area contributed by atoms with Gasteiger partial charge in [-0.15, -0.1) is 0 Å². The summed E-state index contributed by atoms with van der Waals surface area (Å²) in [5.74, 6) is 1.14. The number of rotatable bonds is 5. The maximum atomic E-state index is 4.40. The van der Waals surface area contributed by atoms with Crippen molar-refractivity contribution in [1.82, 2.24) is 14.9 Å². The van der Waals surface area contributed by atoms with E-state index in [1.807, 2.05) is 13.2 Å². The van der Waals surface area contributed by atoms with E-state index in [1.165, 1.54) is 16.3 Å². The molecule has 0 radical (unpaired) electrons. The second-order valence-electron chi connectivity index (χ2n) is 5.30. The summed E-state index contributed by atoms with van der Waals surface area (Å²) in [6, 6.07) is 15.5. The Balaban J connectivity index is 1.90. The molecular formula is C18H21N3. The molecule has 1 N–H and O–H groups in total. The van der Waals surface area contributed by atoms with Crippen molar-refractivity contribution in [2.75, 3.05) is 7.05 Å². The lowest BCUT2D eigenvalue weighted by atomic mass is 10.0. The van der Waals surface area contributed by atoms with Crippen molar-refractivity contribution in [3.05, 3.63) is 66.2 Å². The number of imidazole rings is 1. The van der Waals surface area contributed by atoms with Gasteiger partial charge in [-0.05, 0) is 29.4 Å². The van der Waals surface area contributed by atoms with E-state index in [9.17, 15) is 0 Å². The van der Waals surface area contributed by atoms with Gasteiger partial charge in [-0.1, -0.05) is 43.3 Å². The van der Waals surface area contributed by atoms with Crippen LogP contribution in [0.25, 0.3) is 10.8 Å². The number of benzene rings is 2. The SMILES string of the molecule is CCc1nccn1CC(NC)c1ccc2ccccc2c1. The molecule has 0 aliphatic carbocycles. The van der Waals surface area contributed by atoms with Gasteiger partial charge in [0.2, 0.25) is 0 Å². The fourth-order valence-electron chi connectivity index (χ4n) is 2.81. The summed E-state index contributed by atoms with van der Waals surface area (Å²) < 4.78 is 2.23. The van der Waals surface area contributed by atoms with E-state index in [0.717, 1.165) is 18.8 Å². The molecule has 1 heterocycles. The highest BCUT2D eigenvalue weighted by Crippen LogP contribution is 2.22. The Bertz CT molecular complexity index is 730. The van der Waals surface area contributed by atoms with E-state index < -0.39 is 0 Å². The van der Waals surface area contributed by atoms with Gasteiger partial charge in [-0.25, -0.2) is 4.98 Å². The quantitative estimate of drug-likeness (QED) is 0.774. The molecule has 0 amide bonds. The number of nitrogens with zero attached hydrogens (tertiary/aromatic N) is 2. The minimum Gasteiger partial charge on any atom is -0.333 e.